The van der Waals surface area contributed by atoms with Crippen molar-refractivity contribution in [3.63, 3.8) is 0 Å². The van der Waals surface area contributed by atoms with Crippen LogP contribution in [0.5, 0.6) is 0 Å². The fourth-order valence-electron chi connectivity index (χ4n) is 7.35. The van der Waals surface area contributed by atoms with Crippen LogP contribution in [0.3, 0.4) is 0 Å². The molecule has 0 atom stereocenters. The van der Waals surface area contributed by atoms with Crippen LogP contribution in [-0.4, -0.2) is 4.98 Å². The van der Waals surface area contributed by atoms with Crippen molar-refractivity contribution in [1.82, 2.24) is 4.98 Å². The van der Waals surface area contributed by atoms with Gasteiger partial charge in [0.05, 0.1) is 16.9 Å². The molecule has 0 unspecified atom stereocenters. The standard InChI is InChI=1S/C49H35N2OP/c52-53(40-22-9-3-10-23-40,41-24-11-4-12-25-41)42-30-28-35(29-31-42)37-18-15-19-38(34-37)43-32-33-45-47(49(43)50-39-20-7-2-8-21-39)44-26-13-14-27-46(44)51-48(45)36-16-5-1-6-17-36/h1-34,50H. The fourth-order valence-corrected chi connectivity index (χ4v) is 10.00. The number of nitrogens with one attached hydrogen (secondary N) is 1. The zero-order valence-electron chi connectivity index (χ0n) is 28.9. The normalized spacial score (nSPS) is 11.5. The molecule has 0 fully saturated rings. The summed E-state index contributed by atoms with van der Waals surface area (Å²) in [6.07, 6.45) is 0. The molecule has 0 saturated heterocycles. The third-order valence-electron chi connectivity index (χ3n) is 9.93. The number of fused-ring (bicyclic) bond motifs is 3. The largest absolute Gasteiger partial charge is 0.354 e. The van der Waals surface area contributed by atoms with Crippen molar-refractivity contribution in [3.05, 3.63) is 206 Å². The van der Waals surface area contributed by atoms with Gasteiger partial charge in [0, 0.05) is 48.9 Å². The molecular formula is C49H35N2OP. The minimum Gasteiger partial charge on any atom is -0.354 e. The van der Waals surface area contributed by atoms with E-state index in [2.05, 4.69) is 127 Å². The van der Waals surface area contributed by atoms with Crippen LogP contribution in [0.2, 0.25) is 0 Å². The highest BCUT2D eigenvalue weighted by Crippen LogP contribution is 2.45. The Labute approximate surface area is 309 Å². The van der Waals surface area contributed by atoms with Gasteiger partial charge in [0.15, 0.2) is 7.14 Å². The molecule has 0 aliphatic heterocycles. The minimum absolute atomic E-state index is 0.813. The molecule has 1 aromatic heterocycles. The van der Waals surface area contributed by atoms with Gasteiger partial charge in [-0.3, -0.25) is 0 Å². The van der Waals surface area contributed by atoms with Gasteiger partial charge in [0.25, 0.3) is 0 Å². The average molecular weight is 699 g/mol. The van der Waals surface area contributed by atoms with Crippen molar-refractivity contribution in [3.8, 4) is 33.5 Å². The second kappa shape index (κ2) is 13.9. The summed E-state index contributed by atoms with van der Waals surface area (Å²) < 4.78 is 15.0. The molecular weight excluding hydrogens is 664 g/mol. The van der Waals surface area contributed by atoms with Gasteiger partial charge in [-0.15, -0.1) is 0 Å². The fraction of sp³-hybridized carbons (Fsp3) is 0. The maximum absolute atomic E-state index is 15.0. The van der Waals surface area contributed by atoms with Gasteiger partial charge in [-0.05, 0) is 41.0 Å². The lowest BCUT2D eigenvalue weighted by Gasteiger charge is -2.20. The summed E-state index contributed by atoms with van der Waals surface area (Å²) in [6, 6.07) is 70.2. The minimum atomic E-state index is -3.07. The SMILES string of the molecule is O=P(c1ccccc1)(c1ccccc1)c1ccc(-c2cccc(-c3ccc4c(-c5ccccc5)nc5ccccc5c4c3Nc3ccccc3)c2)cc1. The van der Waals surface area contributed by atoms with E-state index < -0.39 is 7.14 Å². The van der Waals surface area contributed by atoms with Gasteiger partial charge in [-0.25, -0.2) is 4.98 Å². The molecule has 0 saturated carbocycles. The second-order valence-electron chi connectivity index (χ2n) is 13.2. The monoisotopic (exact) mass is 698 g/mol. The topological polar surface area (TPSA) is 42.0 Å². The zero-order valence-corrected chi connectivity index (χ0v) is 29.8. The molecule has 252 valence electrons. The molecule has 0 aliphatic carbocycles. The van der Waals surface area contributed by atoms with E-state index in [0.717, 1.165) is 82.5 Å². The quantitative estimate of drug-likeness (QED) is 0.127. The molecule has 0 aliphatic rings. The van der Waals surface area contributed by atoms with Crippen molar-refractivity contribution in [1.29, 1.82) is 0 Å². The summed E-state index contributed by atoms with van der Waals surface area (Å²) in [7, 11) is -3.07. The number of hydrogen-bond donors (Lipinski definition) is 1. The van der Waals surface area contributed by atoms with E-state index in [0.29, 0.717) is 0 Å². The Kier molecular flexibility index (Phi) is 8.48. The third-order valence-corrected chi connectivity index (χ3v) is 13.0. The molecule has 4 heteroatoms. The van der Waals surface area contributed by atoms with E-state index in [1.54, 1.807) is 0 Å². The molecule has 0 amide bonds. The highest BCUT2D eigenvalue weighted by Gasteiger charge is 2.29. The average Bonchev–Trinajstić information content (AvgIpc) is 3.24. The summed E-state index contributed by atoms with van der Waals surface area (Å²) in [5.74, 6) is 0. The summed E-state index contributed by atoms with van der Waals surface area (Å²) in [6.45, 7) is 0. The smallest absolute Gasteiger partial charge is 0.171 e. The zero-order chi connectivity index (χ0) is 35.6. The summed E-state index contributed by atoms with van der Waals surface area (Å²) in [5, 5.41) is 9.62. The van der Waals surface area contributed by atoms with Gasteiger partial charge in [0.1, 0.15) is 0 Å². The van der Waals surface area contributed by atoms with E-state index in [-0.39, 0.29) is 0 Å². The maximum atomic E-state index is 15.0. The number of para-hydroxylation sites is 2. The van der Waals surface area contributed by atoms with E-state index >= 15 is 0 Å². The highest BCUT2D eigenvalue weighted by atomic mass is 31.2. The lowest BCUT2D eigenvalue weighted by molar-refractivity contribution is 0.592. The molecule has 0 bridgehead atoms. The predicted octanol–water partition coefficient (Wildman–Crippen LogP) is 11.8. The van der Waals surface area contributed by atoms with Crippen LogP contribution >= 0.6 is 7.14 Å². The molecule has 1 N–H and O–H groups in total. The van der Waals surface area contributed by atoms with Gasteiger partial charge in [0.2, 0.25) is 0 Å². The molecule has 0 spiro atoms. The van der Waals surface area contributed by atoms with Crippen molar-refractivity contribution < 1.29 is 4.57 Å². The predicted molar refractivity (Wildman–Crippen MR) is 225 cm³/mol. The van der Waals surface area contributed by atoms with Crippen LogP contribution in [0.15, 0.2) is 206 Å². The van der Waals surface area contributed by atoms with Crippen molar-refractivity contribution >= 4 is 56.1 Å². The van der Waals surface area contributed by atoms with Crippen LogP contribution in [0.4, 0.5) is 11.4 Å². The molecule has 1 heterocycles. The lowest BCUT2D eigenvalue weighted by Crippen LogP contribution is -2.24. The Balaban J connectivity index is 1.19. The summed E-state index contributed by atoms with van der Waals surface area (Å²) >= 11 is 0. The maximum Gasteiger partial charge on any atom is 0.171 e. The molecule has 9 aromatic rings. The summed E-state index contributed by atoms with van der Waals surface area (Å²) in [5.41, 5.74) is 9.35. The first-order chi connectivity index (χ1) is 26.2. The Bertz CT molecular complexity index is 2710. The van der Waals surface area contributed by atoms with Crippen LogP contribution in [0, 0.1) is 0 Å². The Morgan fingerprint density at radius 1 is 0.415 bits per heavy atom. The number of anilines is 2. The number of benzene rings is 8. The lowest BCUT2D eigenvalue weighted by atomic mass is 9.92. The first-order valence-electron chi connectivity index (χ1n) is 17.8. The van der Waals surface area contributed by atoms with Crippen LogP contribution in [-0.2, 0) is 4.57 Å². The first-order valence-corrected chi connectivity index (χ1v) is 19.5. The van der Waals surface area contributed by atoms with Gasteiger partial charge >= 0.3 is 0 Å². The highest BCUT2D eigenvalue weighted by molar-refractivity contribution is 7.85. The molecule has 0 radical (unpaired) electrons. The van der Waals surface area contributed by atoms with E-state index in [4.69, 9.17) is 4.98 Å². The van der Waals surface area contributed by atoms with Crippen molar-refractivity contribution in [2.45, 2.75) is 0 Å². The van der Waals surface area contributed by atoms with Crippen LogP contribution < -0.4 is 21.2 Å². The second-order valence-corrected chi connectivity index (χ2v) is 15.9. The number of aromatic nitrogens is 1. The van der Waals surface area contributed by atoms with Crippen LogP contribution in [0.1, 0.15) is 0 Å². The Morgan fingerprint density at radius 2 is 0.962 bits per heavy atom. The van der Waals surface area contributed by atoms with Gasteiger partial charge in [-0.2, -0.15) is 0 Å². The van der Waals surface area contributed by atoms with Crippen molar-refractivity contribution in [2.24, 2.45) is 0 Å². The number of pyridine rings is 1. The molecule has 8 aromatic carbocycles. The van der Waals surface area contributed by atoms with E-state index in [1.165, 1.54) is 0 Å². The molecule has 53 heavy (non-hydrogen) atoms. The summed E-state index contributed by atoms with van der Waals surface area (Å²) in [4.78, 5) is 5.19. The third kappa shape index (κ3) is 6.02. The number of rotatable bonds is 8. The van der Waals surface area contributed by atoms with E-state index in [1.807, 2.05) is 84.9 Å². The van der Waals surface area contributed by atoms with Gasteiger partial charge < -0.3 is 9.88 Å². The first kappa shape index (κ1) is 32.4. The number of hydrogen-bond acceptors (Lipinski definition) is 3. The molecule has 9 rings (SSSR count). The van der Waals surface area contributed by atoms with Gasteiger partial charge in [-0.1, -0.05) is 182 Å². The Morgan fingerprint density at radius 3 is 1.64 bits per heavy atom. The van der Waals surface area contributed by atoms with Crippen LogP contribution in [0.25, 0.3) is 55.2 Å². The van der Waals surface area contributed by atoms with Crippen molar-refractivity contribution in [2.75, 3.05) is 5.32 Å². The number of nitrogens with zero attached hydrogens (tertiary/aromatic N) is 1. The molecule has 3 nitrogen and oxygen atoms in total. The van der Waals surface area contributed by atoms with E-state index in [9.17, 15) is 4.57 Å². The Hall–Kier alpha value is -6.54.